The molecule has 102 valence electrons. The van der Waals surface area contributed by atoms with Crippen molar-refractivity contribution in [3.8, 4) is 0 Å². The summed E-state index contributed by atoms with van der Waals surface area (Å²) in [5.74, 6) is 1.56. The Bertz CT molecular complexity index is 322. The van der Waals surface area contributed by atoms with Crippen LogP contribution in [0.5, 0.6) is 0 Å². The van der Waals surface area contributed by atoms with E-state index >= 15 is 0 Å². The van der Waals surface area contributed by atoms with E-state index in [4.69, 9.17) is 0 Å². The molecule has 0 N–H and O–H groups in total. The van der Waals surface area contributed by atoms with Crippen molar-refractivity contribution in [3.05, 3.63) is 0 Å². The molecule has 5 heteroatoms. The summed E-state index contributed by atoms with van der Waals surface area (Å²) in [5.41, 5.74) is 0. The number of likely N-dealkylation sites (tertiary alicyclic amines) is 1. The molecule has 17 heavy (non-hydrogen) atoms. The Kier molecular flexibility index (Phi) is 4.98. The molecule has 4 nitrogen and oxygen atoms in total. The highest BCUT2D eigenvalue weighted by molar-refractivity contribution is 7.90. The van der Waals surface area contributed by atoms with Crippen LogP contribution >= 0.6 is 0 Å². The van der Waals surface area contributed by atoms with Crippen LogP contribution in [-0.2, 0) is 9.84 Å². The van der Waals surface area contributed by atoms with Crippen LogP contribution in [0.1, 0.15) is 13.8 Å². The molecule has 1 fully saturated rings. The minimum atomic E-state index is -2.84. The monoisotopic (exact) mass is 262 g/mol. The molecule has 2 atom stereocenters. The summed E-state index contributed by atoms with van der Waals surface area (Å²) in [5, 5.41) is 0. The lowest BCUT2D eigenvalue weighted by Crippen LogP contribution is -2.37. The molecular weight excluding hydrogens is 236 g/mol. The largest absolute Gasteiger partial charge is 0.305 e. The van der Waals surface area contributed by atoms with Crippen molar-refractivity contribution >= 4 is 9.84 Å². The van der Waals surface area contributed by atoms with Crippen LogP contribution in [0.3, 0.4) is 0 Å². The summed E-state index contributed by atoms with van der Waals surface area (Å²) in [4.78, 5) is 4.56. The second kappa shape index (κ2) is 5.67. The molecule has 0 amide bonds. The summed E-state index contributed by atoms with van der Waals surface area (Å²) in [6.07, 6.45) is 1.31. The van der Waals surface area contributed by atoms with Gasteiger partial charge in [-0.15, -0.1) is 0 Å². The summed E-state index contributed by atoms with van der Waals surface area (Å²) in [6.45, 7) is 7.19. The van der Waals surface area contributed by atoms with E-state index in [0.717, 1.165) is 13.1 Å². The number of rotatable bonds is 5. The second-order valence-corrected chi connectivity index (χ2v) is 8.09. The van der Waals surface area contributed by atoms with Crippen molar-refractivity contribution in [2.24, 2.45) is 11.8 Å². The molecule has 1 aliphatic rings. The average molecular weight is 262 g/mol. The van der Waals surface area contributed by atoms with E-state index in [1.165, 1.54) is 6.26 Å². The van der Waals surface area contributed by atoms with Gasteiger partial charge >= 0.3 is 0 Å². The lowest BCUT2D eigenvalue weighted by Gasteiger charge is -2.27. The molecule has 0 aromatic rings. The molecule has 1 rings (SSSR count). The van der Waals surface area contributed by atoms with E-state index in [0.29, 0.717) is 24.4 Å². The Morgan fingerprint density at radius 2 is 1.88 bits per heavy atom. The van der Waals surface area contributed by atoms with Crippen molar-refractivity contribution in [1.82, 2.24) is 9.80 Å². The van der Waals surface area contributed by atoms with Gasteiger partial charge in [0.2, 0.25) is 0 Å². The third-order valence-electron chi connectivity index (χ3n) is 3.71. The summed E-state index contributed by atoms with van der Waals surface area (Å²) in [7, 11) is 1.38. The number of hydrogen-bond donors (Lipinski definition) is 0. The van der Waals surface area contributed by atoms with Crippen LogP contribution in [0.2, 0.25) is 0 Å². The number of likely N-dealkylation sites (N-methyl/N-ethyl adjacent to an activating group) is 1. The molecule has 0 aromatic carbocycles. The first kappa shape index (κ1) is 14.9. The zero-order valence-corrected chi connectivity index (χ0v) is 12.5. The topological polar surface area (TPSA) is 40.6 Å². The van der Waals surface area contributed by atoms with Gasteiger partial charge in [0, 0.05) is 31.9 Å². The van der Waals surface area contributed by atoms with Crippen LogP contribution in [0.25, 0.3) is 0 Å². The van der Waals surface area contributed by atoms with Crippen molar-refractivity contribution in [2.75, 3.05) is 45.7 Å². The molecule has 1 aliphatic heterocycles. The van der Waals surface area contributed by atoms with Crippen LogP contribution in [0, 0.1) is 11.8 Å². The van der Waals surface area contributed by atoms with Gasteiger partial charge in [0.25, 0.3) is 0 Å². The van der Waals surface area contributed by atoms with E-state index in [1.807, 2.05) is 0 Å². The fourth-order valence-corrected chi connectivity index (χ4v) is 3.16. The number of sulfone groups is 1. The first-order chi connectivity index (χ1) is 7.70. The molecule has 1 saturated heterocycles. The molecule has 0 spiro atoms. The molecule has 0 unspecified atom stereocenters. The summed E-state index contributed by atoms with van der Waals surface area (Å²) >= 11 is 0. The molecule has 1 heterocycles. The normalized spacial score (nSPS) is 27.2. The fourth-order valence-electron chi connectivity index (χ4n) is 2.57. The minimum absolute atomic E-state index is 0.276. The van der Waals surface area contributed by atoms with Crippen LogP contribution in [0.15, 0.2) is 0 Å². The lowest BCUT2D eigenvalue weighted by atomic mass is 9.91. The quantitative estimate of drug-likeness (QED) is 0.725. The SMILES string of the molecule is CC(C)[C@H]1CN(CCS(C)(=O)=O)C[C@@H]1N(C)C. The first-order valence-corrected chi connectivity index (χ1v) is 8.33. The van der Waals surface area contributed by atoms with Crippen molar-refractivity contribution in [2.45, 2.75) is 19.9 Å². The predicted molar refractivity (Wildman–Crippen MR) is 72.0 cm³/mol. The Balaban J connectivity index is 2.57. The van der Waals surface area contributed by atoms with E-state index in [9.17, 15) is 8.42 Å². The van der Waals surface area contributed by atoms with Crippen LogP contribution < -0.4 is 0 Å². The maximum Gasteiger partial charge on any atom is 0.148 e. The molecule has 0 aliphatic carbocycles. The maximum atomic E-state index is 11.2. The van der Waals surface area contributed by atoms with Gasteiger partial charge in [-0.2, -0.15) is 0 Å². The van der Waals surface area contributed by atoms with Gasteiger partial charge in [-0.25, -0.2) is 8.42 Å². The third kappa shape index (κ3) is 4.56. The number of hydrogen-bond acceptors (Lipinski definition) is 4. The fraction of sp³-hybridized carbons (Fsp3) is 1.00. The first-order valence-electron chi connectivity index (χ1n) is 6.27. The third-order valence-corrected chi connectivity index (χ3v) is 4.63. The van der Waals surface area contributed by atoms with Gasteiger partial charge in [0.05, 0.1) is 5.75 Å². The second-order valence-electron chi connectivity index (χ2n) is 5.83. The predicted octanol–water partition coefficient (Wildman–Crippen LogP) is 0.549. The van der Waals surface area contributed by atoms with Crippen LogP contribution in [-0.4, -0.2) is 70.0 Å². The van der Waals surface area contributed by atoms with Crippen LogP contribution in [0.4, 0.5) is 0 Å². The molecular formula is C12H26N2O2S. The highest BCUT2D eigenvalue weighted by Gasteiger charge is 2.35. The van der Waals surface area contributed by atoms with Gasteiger partial charge in [-0.3, -0.25) is 0 Å². The van der Waals surface area contributed by atoms with Crippen molar-refractivity contribution in [3.63, 3.8) is 0 Å². The Labute approximate surface area is 106 Å². The van der Waals surface area contributed by atoms with E-state index in [-0.39, 0.29) is 5.75 Å². The summed E-state index contributed by atoms with van der Waals surface area (Å²) in [6, 6.07) is 0.551. The van der Waals surface area contributed by atoms with Crippen molar-refractivity contribution < 1.29 is 8.42 Å². The van der Waals surface area contributed by atoms with Gasteiger partial charge in [0.1, 0.15) is 9.84 Å². The maximum absolute atomic E-state index is 11.2. The lowest BCUT2D eigenvalue weighted by molar-refractivity contribution is 0.215. The average Bonchev–Trinajstić information content (AvgIpc) is 2.57. The zero-order chi connectivity index (χ0) is 13.2. The Hall–Kier alpha value is -0.130. The van der Waals surface area contributed by atoms with E-state index < -0.39 is 9.84 Å². The Morgan fingerprint density at radius 1 is 1.29 bits per heavy atom. The van der Waals surface area contributed by atoms with Gasteiger partial charge in [-0.1, -0.05) is 13.8 Å². The van der Waals surface area contributed by atoms with E-state index in [1.54, 1.807) is 0 Å². The van der Waals surface area contributed by atoms with Gasteiger partial charge in [-0.05, 0) is 25.9 Å². The highest BCUT2D eigenvalue weighted by Crippen LogP contribution is 2.26. The van der Waals surface area contributed by atoms with Gasteiger partial charge in [0.15, 0.2) is 0 Å². The highest BCUT2D eigenvalue weighted by atomic mass is 32.2. The molecule has 0 saturated carbocycles. The zero-order valence-electron chi connectivity index (χ0n) is 11.7. The van der Waals surface area contributed by atoms with Crippen molar-refractivity contribution in [1.29, 1.82) is 0 Å². The van der Waals surface area contributed by atoms with Gasteiger partial charge < -0.3 is 9.80 Å². The minimum Gasteiger partial charge on any atom is -0.305 e. The van der Waals surface area contributed by atoms with E-state index in [2.05, 4.69) is 37.7 Å². The Morgan fingerprint density at radius 3 is 2.24 bits per heavy atom. The molecule has 0 bridgehead atoms. The number of nitrogens with zero attached hydrogens (tertiary/aromatic N) is 2. The smallest absolute Gasteiger partial charge is 0.148 e. The molecule has 0 radical (unpaired) electrons. The summed E-state index contributed by atoms with van der Waals surface area (Å²) < 4.78 is 22.4. The molecule has 0 aromatic heterocycles. The standard InChI is InChI=1S/C12H26N2O2S/c1-10(2)11-8-14(6-7-17(5,15)16)9-12(11)13(3)4/h10-12H,6-9H2,1-5H3/t11-,12+/m1/s1.